The molecule has 2 amide bonds. The summed E-state index contributed by atoms with van der Waals surface area (Å²) in [6, 6.07) is 9.42. The van der Waals surface area contributed by atoms with E-state index >= 15 is 0 Å². The minimum absolute atomic E-state index is 0.210. The molecule has 0 unspecified atom stereocenters. The van der Waals surface area contributed by atoms with Crippen molar-refractivity contribution < 1.29 is 14.3 Å². The van der Waals surface area contributed by atoms with Crippen molar-refractivity contribution in [3.8, 4) is 0 Å². The highest BCUT2D eigenvalue weighted by atomic mass is 16.5. The van der Waals surface area contributed by atoms with Gasteiger partial charge in [-0.25, -0.2) is 4.79 Å². The van der Waals surface area contributed by atoms with E-state index in [9.17, 15) is 9.59 Å². The predicted molar refractivity (Wildman–Crippen MR) is 72.2 cm³/mol. The van der Waals surface area contributed by atoms with Gasteiger partial charge >= 0.3 is 6.09 Å². The van der Waals surface area contributed by atoms with E-state index in [1.165, 1.54) is 0 Å². The van der Waals surface area contributed by atoms with Crippen molar-refractivity contribution in [1.29, 1.82) is 0 Å². The zero-order valence-electron chi connectivity index (χ0n) is 11.3. The number of benzene rings is 1. The molecule has 5 nitrogen and oxygen atoms in total. The molecule has 19 heavy (non-hydrogen) atoms. The highest BCUT2D eigenvalue weighted by Crippen LogP contribution is 2.04. The Morgan fingerprint density at radius 2 is 2.00 bits per heavy atom. The molecule has 0 saturated carbocycles. The van der Waals surface area contributed by atoms with Gasteiger partial charge < -0.3 is 15.4 Å². The van der Waals surface area contributed by atoms with Crippen molar-refractivity contribution in [2.24, 2.45) is 5.92 Å². The van der Waals surface area contributed by atoms with Crippen molar-refractivity contribution in [2.45, 2.75) is 33.0 Å². The van der Waals surface area contributed by atoms with Gasteiger partial charge in [-0.15, -0.1) is 0 Å². The minimum atomic E-state index is -0.538. The third kappa shape index (κ3) is 6.45. The molecule has 1 rings (SSSR count). The van der Waals surface area contributed by atoms with Crippen LogP contribution in [-0.2, 0) is 16.1 Å². The Bertz CT molecular complexity index is 393. The van der Waals surface area contributed by atoms with Crippen molar-refractivity contribution in [1.82, 2.24) is 10.6 Å². The van der Waals surface area contributed by atoms with Crippen LogP contribution in [0.5, 0.6) is 0 Å². The fraction of sp³-hybridized carbons (Fsp3) is 0.429. The second kappa shape index (κ2) is 8.13. The molecule has 104 valence electrons. The Morgan fingerprint density at radius 3 is 2.58 bits per heavy atom. The van der Waals surface area contributed by atoms with Crippen LogP contribution < -0.4 is 10.6 Å². The molecule has 1 aromatic rings. The molecule has 0 heterocycles. The van der Waals surface area contributed by atoms with E-state index in [4.69, 9.17) is 4.74 Å². The first-order valence-electron chi connectivity index (χ1n) is 6.28. The van der Waals surface area contributed by atoms with Crippen molar-refractivity contribution in [3.05, 3.63) is 35.9 Å². The van der Waals surface area contributed by atoms with E-state index in [1.54, 1.807) is 0 Å². The lowest BCUT2D eigenvalue weighted by atomic mass is 10.1. The first kappa shape index (κ1) is 15.0. The van der Waals surface area contributed by atoms with Crippen molar-refractivity contribution in [2.75, 3.05) is 0 Å². The van der Waals surface area contributed by atoms with Gasteiger partial charge in [-0.05, 0) is 17.9 Å². The van der Waals surface area contributed by atoms with Crippen LogP contribution in [0.15, 0.2) is 30.3 Å². The third-order valence-electron chi connectivity index (χ3n) is 2.48. The summed E-state index contributed by atoms with van der Waals surface area (Å²) in [4.78, 5) is 22.0. The zero-order chi connectivity index (χ0) is 14.1. The molecule has 0 aromatic heterocycles. The van der Waals surface area contributed by atoms with E-state index in [-0.39, 0.29) is 6.61 Å². The predicted octanol–water partition coefficient (Wildman–Crippen LogP) is 2.03. The standard InChI is InChI=1S/C14H20N2O3/c1-11(2)8-13(15-10-17)16-14(18)19-9-12-6-4-3-5-7-12/h3-7,10-11,13H,8-9H2,1-2H3,(H,15,17)(H,16,18)/t13-/m1/s1. The number of carbonyl (C=O) groups is 2. The fourth-order valence-corrected chi connectivity index (χ4v) is 1.63. The number of amides is 2. The third-order valence-corrected chi connectivity index (χ3v) is 2.48. The van der Waals surface area contributed by atoms with Gasteiger partial charge in [0, 0.05) is 0 Å². The first-order valence-corrected chi connectivity index (χ1v) is 6.28. The summed E-state index contributed by atoms with van der Waals surface area (Å²) in [5, 5.41) is 5.17. The second-order valence-corrected chi connectivity index (χ2v) is 4.67. The van der Waals surface area contributed by atoms with Crippen LogP contribution in [-0.4, -0.2) is 18.7 Å². The number of ether oxygens (including phenoxy) is 1. The molecule has 0 bridgehead atoms. The minimum Gasteiger partial charge on any atom is -0.445 e. The molecule has 2 N–H and O–H groups in total. The lowest BCUT2D eigenvalue weighted by Crippen LogP contribution is -2.45. The molecule has 1 atom stereocenters. The van der Waals surface area contributed by atoms with Crippen LogP contribution in [0.2, 0.25) is 0 Å². The Kier molecular flexibility index (Phi) is 6.43. The number of alkyl carbamates (subject to hydrolysis) is 1. The Labute approximate surface area is 113 Å². The fourth-order valence-electron chi connectivity index (χ4n) is 1.63. The molecule has 1 aromatic carbocycles. The summed E-state index contributed by atoms with van der Waals surface area (Å²) in [7, 11) is 0. The van der Waals surface area contributed by atoms with Crippen molar-refractivity contribution >= 4 is 12.5 Å². The average molecular weight is 264 g/mol. The number of hydrogen-bond donors (Lipinski definition) is 2. The maximum atomic E-state index is 11.6. The van der Waals surface area contributed by atoms with Crippen LogP contribution in [0, 0.1) is 5.92 Å². The highest BCUT2D eigenvalue weighted by molar-refractivity contribution is 5.68. The summed E-state index contributed by atoms with van der Waals surface area (Å²) >= 11 is 0. The van der Waals surface area contributed by atoms with E-state index in [1.807, 2.05) is 44.2 Å². The van der Waals surface area contributed by atoms with Gasteiger partial charge in [-0.1, -0.05) is 44.2 Å². The van der Waals surface area contributed by atoms with E-state index in [0.29, 0.717) is 18.7 Å². The molecule has 0 radical (unpaired) electrons. The number of rotatable bonds is 7. The number of hydrogen-bond acceptors (Lipinski definition) is 3. The molecule has 0 saturated heterocycles. The molecular weight excluding hydrogens is 244 g/mol. The summed E-state index contributed by atoms with van der Waals surface area (Å²) in [6.45, 7) is 4.23. The lowest BCUT2D eigenvalue weighted by molar-refractivity contribution is -0.110. The van der Waals surface area contributed by atoms with Gasteiger partial charge in [-0.3, -0.25) is 4.79 Å². The summed E-state index contributed by atoms with van der Waals surface area (Å²) in [5.41, 5.74) is 0.918. The second-order valence-electron chi connectivity index (χ2n) is 4.67. The van der Waals surface area contributed by atoms with Crippen LogP contribution in [0.4, 0.5) is 4.79 Å². The molecule has 0 aliphatic heterocycles. The largest absolute Gasteiger partial charge is 0.445 e. The summed E-state index contributed by atoms with van der Waals surface area (Å²) in [6.07, 6.45) is 0.286. The Hall–Kier alpha value is -2.04. The van der Waals surface area contributed by atoms with Gasteiger partial charge in [0.15, 0.2) is 0 Å². The van der Waals surface area contributed by atoms with Crippen molar-refractivity contribution in [3.63, 3.8) is 0 Å². The highest BCUT2D eigenvalue weighted by Gasteiger charge is 2.13. The number of nitrogens with one attached hydrogen (secondary N) is 2. The summed E-state index contributed by atoms with van der Waals surface area (Å²) in [5.74, 6) is 0.354. The van der Waals surface area contributed by atoms with E-state index in [2.05, 4.69) is 10.6 Å². The first-order chi connectivity index (χ1) is 9.11. The molecular formula is C14H20N2O3. The van der Waals surface area contributed by atoms with Crippen LogP contribution in [0.1, 0.15) is 25.8 Å². The monoisotopic (exact) mass is 264 g/mol. The van der Waals surface area contributed by atoms with Gasteiger partial charge in [0.25, 0.3) is 0 Å². The van der Waals surface area contributed by atoms with Gasteiger partial charge in [0.05, 0.1) is 0 Å². The van der Waals surface area contributed by atoms with Crippen LogP contribution in [0.3, 0.4) is 0 Å². The van der Waals surface area contributed by atoms with Gasteiger partial charge in [-0.2, -0.15) is 0 Å². The van der Waals surface area contributed by atoms with Crippen LogP contribution in [0.25, 0.3) is 0 Å². The quantitative estimate of drug-likeness (QED) is 0.585. The molecule has 0 aliphatic rings. The van der Waals surface area contributed by atoms with Gasteiger partial charge in [0.2, 0.25) is 6.41 Å². The topological polar surface area (TPSA) is 67.4 Å². The molecule has 0 fully saturated rings. The van der Waals surface area contributed by atoms with Gasteiger partial charge in [0.1, 0.15) is 12.8 Å². The molecule has 0 aliphatic carbocycles. The maximum Gasteiger partial charge on any atom is 0.409 e. The Balaban J connectivity index is 2.37. The van der Waals surface area contributed by atoms with E-state index in [0.717, 1.165) is 5.56 Å². The maximum absolute atomic E-state index is 11.6. The lowest BCUT2D eigenvalue weighted by Gasteiger charge is -2.19. The van der Waals surface area contributed by atoms with Crippen LogP contribution >= 0.6 is 0 Å². The smallest absolute Gasteiger partial charge is 0.409 e. The molecule has 0 spiro atoms. The molecule has 5 heteroatoms. The number of carbonyl (C=O) groups excluding carboxylic acids is 2. The van der Waals surface area contributed by atoms with E-state index < -0.39 is 12.3 Å². The average Bonchev–Trinajstić information content (AvgIpc) is 2.37. The normalized spacial score (nSPS) is 11.7. The Morgan fingerprint density at radius 1 is 1.32 bits per heavy atom. The zero-order valence-corrected chi connectivity index (χ0v) is 11.3. The summed E-state index contributed by atoms with van der Waals surface area (Å²) < 4.78 is 5.08. The SMILES string of the molecule is CC(C)C[C@H](NC=O)NC(=O)OCc1ccccc1.